The number of rotatable bonds is 53. The van der Waals surface area contributed by atoms with Crippen molar-refractivity contribution in [2.75, 3.05) is 13.2 Å². The Labute approximate surface area is 421 Å². The Morgan fingerprint density at radius 2 is 0.574 bits per heavy atom. The molecule has 0 saturated heterocycles. The number of carbonyl (C=O) groups excluding carboxylic acids is 3. The van der Waals surface area contributed by atoms with Crippen molar-refractivity contribution in [3.63, 3.8) is 0 Å². The molecule has 0 aliphatic carbocycles. The predicted molar refractivity (Wildman–Crippen MR) is 293 cm³/mol. The highest BCUT2D eigenvalue weighted by molar-refractivity contribution is 5.71. The fourth-order valence-electron chi connectivity index (χ4n) is 8.42. The van der Waals surface area contributed by atoms with Crippen molar-refractivity contribution in [2.45, 2.75) is 303 Å². The number of allylic oxidation sites excluding steroid dienone is 10. The van der Waals surface area contributed by atoms with E-state index < -0.39 is 6.10 Å². The first-order chi connectivity index (χ1) is 33.5. The lowest BCUT2D eigenvalue weighted by Crippen LogP contribution is -2.30. The highest BCUT2D eigenvalue weighted by Crippen LogP contribution is 2.17. The molecule has 1 unspecified atom stereocenters. The first kappa shape index (κ1) is 65.1. The van der Waals surface area contributed by atoms with E-state index in [1.807, 2.05) is 0 Å². The Bertz CT molecular complexity index is 1230. The van der Waals surface area contributed by atoms with Gasteiger partial charge in [-0.15, -0.1) is 0 Å². The molecule has 0 bridgehead atoms. The molecule has 0 rings (SSSR count). The SMILES string of the molecule is CC/C=C\C/C=C\C/C=C\C/C=C\C/C=C\CCCC(=O)OC(COC(=O)CCCCCCCCC)COC(=O)CCCCCCCCCCCCCCCCCCCCCCCCCCCC. The van der Waals surface area contributed by atoms with Gasteiger partial charge in [-0.05, 0) is 57.8 Å². The van der Waals surface area contributed by atoms with Gasteiger partial charge >= 0.3 is 17.9 Å². The fraction of sp³-hybridized carbons (Fsp3) is 0.790. The topological polar surface area (TPSA) is 78.9 Å². The Morgan fingerprint density at radius 3 is 0.882 bits per heavy atom. The third-order valence-electron chi connectivity index (χ3n) is 12.8. The van der Waals surface area contributed by atoms with Crippen LogP contribution in [-0.4, -0.2) is 37.2 Å². The summed E-state index contributed by atoms with van der Waals surface area (Å²) in [6, 6.07) is 0. The zero-order valence-corrected chi connectivity index (χ0v) is 45.1. The second-order valence-corrected chi connectivity index (χ2v) is 19.5. The van der Waals surface area contributed by atoms with Crippen molar-refractivity contribution in [3.8, 4) is 0 Å². The molecule has 0 aliphatic rings. The summed E-state index contributed by atoms with van der Waals surface area (Å²) in [4.78, 5) is 37.9. The smallest absolute Gasteiger partial charge is 0.306 e. The molecule has 0 spiro atoms. The van der Waals surface area contributed by atoms with E-state index in [1.54, 1.807) is 0 Å². The van der Waals surface area contributed by atoms with Crippen LogP contribution < -0.4 is 0 Å². The van der Waals surface area contributed by atoms with Crippen LogP contribution in [0.4, 0.5) is 0 Å². The number of unbranched alkanes of at least 4 members (excludes halogenated alkanes) is 32. The average Bonchev–Trinajstić information content (AvgIpc) is 3.34. The molecule has 6 heteroatoms. The molecule has 0 radical (unpaired) electrons. The van der Waals surface area contributed by atoms with Crippen LogP contribution in [0.25, 0.3) is 0 Å². The Hall–Kier alpha value is -2.89. The van der Waals surface area contributed by atoms with E-state index in [2.05, 4.69) is 81.5 Å². The van der Waals surface area contributed by atoms with Gasteiger partial charge in [-0.25, -0.2) is 0 Å². The summed E-state index contributed by atoms with van der Waals surface area (Å²) in [7, 11) is 0. The number of ether oxygens (including phenoxy) is 3. The van der Waals surface area contributed by atoms with Crippen molar-refractivity contribution in [2.24, 2.45) is 0 Å². The van der Waals surface area contributed by atoms with Crippen LogP contribution in [0.1, 0.15) is 297 Å². The third kappa shape index (κ3) is 54.1. The van der Waals surface area contributed by atoms with Crippen LogP contribution in [0.3, 0.4) is 0 Å². The van der Waals surface area contributed by atoms with Crippen molar-refractivity contribution in [1.82, 2.24) is 0 Å². The van der Waals surface area contributed by atoms with E-state index in [-0.39, 0.29) is 37.5 Å². The van der Waals surface area contributed by atoms with Gasteiger partial charge in [-0.3, -0.25) is 14.4 Å². The summed E-state index contributed by atoms with van der Waals surface area (Å²) < 4.78 is 16.7. The highest BCUT2D eigenvalue weighted by atomic mass is 16.6. The van der Waals surface area contributed by atoms with Gasteiger partial charge in [0.25, 0.3) is 0 Å². The Balaban J connectivity index is 4.15. The Kier molecular flexibility index (Phi) is 54.3. The van der Waals surface area contributed by atoms with Crippen molar-refractivity contribution in [1.29, 1.82) is 0 Å². The monoisotopic (exact) mass is 951 g/mol. The molecule has 0 saturated carbocycles. The number of hydrogen-bond donors (Lipinski definition) is 0. The van der Waals surface area contributed by atoms with E-state index in [0.29, 0.717) is 19.3 Å². The molecular weight excluding hydrogens is 841 g/mol. The maximum absolute atomic E-state index is 12.8. The second kappa shape index (κ2) is 56.7. The Morgan fingerprint density at radius 1 is 0.309 bits per heavy atom. The van der Waals surface area contributed by atoms with Gasteiger partial charge in [0.1, 0.15) is 13.2 Å². The molecule has 68 heavy (non-hydrogen) atoms. The molecule has 0 amide bonds. The summed E-state index contributed by atoms with van der Waals surface area (Å²) in [6.07, 6.45) is 71.2. The zero-order chi connectivity index (χ0) is 49.3. The van der Waals surface area contributed by atoms with E-state index in [1.165, 1.54) is 173 Å². The molecule has 0 aliphatic heterocycles. The molecule has 1 atom stereocenters. The number of esters is 3. The molecule has 6 nitrogen and oxygen atoms in total. The molecule has 0 aromatic heterocycles. The molecule has 394 valence electrons. The van der Waals surface area contributed by atoms with Crippen molar-refractivity contribution < 1.29 is 28.6 Å². The van der Waals surface area contributed by atoms with Gasteiger partial charge in [0.15, 0.2) is 6.10 Å². The minimum Gasteiger partial charge on any atom is -0.462 e. The van der Waals surface area contributed by atoms with E-state index in [4.69, 9.17) is 14.2 Å². The van der Waals surface area contributed by atoms with Crippen LogP contribution in [0.2, 0.25) is 0 Å². The molecule has 0 fully saturated rings. The lowest BCUT2D eigenvalue weighted by molar-refractivity contribution is -0.167. The van der Waals surface area contributed by atoms with Gasteiger partial charge in [-0.2, -0.15) is 0 Å². The molecule has 0 N–H and O–H groups in total. The summed E-state index contributed by atoms with van der Waals surface area (Å²) in [5.74, 6) is -0.949. The lowest BCUT2D eigenvalue weighted by Gasteiger charge is -2.18. The quantitative estimate of drug-likeness (QED) is 0.0262. The third-order valence-corrected chi connectivity index (χ3v) is 12.8. The summed E-state index contributed by atoms with van der Waals surface area (Å²) in [5, 5.41) is 0. The molecule has 0 aromatic rings. The maximum atomic E-state index is 12.8. The number of carbonyl (C=O) groups is 3. The van der Waals surface area contributed by atoms with E-state index >= 15 is 0 Å². The van der Waals surface area contributed by atoms with Crippen LogP contribution in [0.5, 0.6) is 0 Å². The molecule has 0 aromatic carbocycles. The van der Waals surface area contributed by atoms with E-state index in [0.717, 1.165) is 77.0 Å². The minimum atomic E-state index is -0.799. The number of hydrogen-bond acceptors (Lipinski definition) is 6. The van der Waals surface area contributed by atoms with Gasteiger partial charge < -0.3 is 14.2 Å². The molecular formula is C62H110O6. The summed E-state index contributed by atoms with van der Waals surface area (Å²) in [5.41, 5.74) is 0. The van der Waals surface area contributed by atoms with Crippen LogP contribution in [-0.2, 0) is 28.6 Å². The normalized spacial score (nSPS) is 12.5. The largest absolute Gasteiger partial charge is 0.462 e. The van der Waals surface area contributed by atoms with Gasteiger partial charge in [0.2, 0.25) is 0 Å². The van der Waals surface area contributed by atoms with Gasteiger partial charge in [-0.1, -0.05) is 281 Å². The maximum Gasteiger partial charge on any atom is 0.306 e. The summed E-state index contributed by atoms with van der Waals surface area (Å²) in [6.45, 7) is 6.46. The zero-order valence-electron chi connectivity index (χ0n) is 45.1. The standard InChI is InChI=1S/C62H110O6/c1-4-7-10-13-16-18-20-22-24-26-27-28-29-30-31-32-33-34-36-37-39-41-43-46-49-52-55-61(64)67-58-59(57-66-60(63)54-51-48-45-15-12-9-6-3)68-62(65)56-53-50-47-44-42-40-38-35-25-23-21-19-17-14-11-8-5-2/h8,11,17,19,23,25,38,40,44,47,59H,4-7,9-10,12-16,18,20-22,24,26-37,39,41-43,45-46,48-58H2,1-3H3/b11-8-,19-17-,25-23-,40-38-,47-44-. The first-order valence-corrected chi connectivity index (χ1v) is 29.3. The van der Waals surface area contributed by atoms with Crippen molar-refractivity contribution >= 4 is 17.9 Å². The lowest BCUT2D eigenvalue weighted by atomic mass is 10.0. The van der Waals surface area contributed by atoms with Gasteiger partial charge in [0.05, 0.1) is 0 Å². The van der Waals surface area contributed by atoms with Crippen LogP contribution >= 0.6 is 0 Å². The average molecular weight is 952 g/mol. The second-order valence-electron chi connectivity index (χ2n) is 19.5. The predicted octanol–water partition coefficient (Wildman–Crippen LogP) is 19.6. The fourth-order valence-corrected chi connectivity index (χ4v) is 8.42. The highest BCUT2D eigenvalue weighted by Gasteiger charge is 2.19. The molecule has 0 heterocycles. The van der Waals surface area contributed by atoms with Gasteiger partial charge in [0, 0.05) is 19.3 Å². The van der Waals surface area contributed by atoms with Crippen LogP contribution in [0.15, 0.2) is 60.8 Å². The van der Waals surface area contributed by atoms with E-state index in [9.17, 15) is 14.4 Å². The first-order valence-electron chi connectivity index (χ1n) is 29.3. The summed E-state index contributed by atoms with van der Waals surface area (Å²) >= 11 is 0. The minimum absolute atomic E-state index is 0.0937. The van der Waals surface area contributed by atoms with Crippen LogP contribution in [0, 0.1) is 0 Å². The van der Waals surface area contributed by atoms with Crippen molar-refractivity contribution in [3.05, 3.63) is 60.8 Å².